The van der Waals surface area contributed by atoms with Crippen molar-refractivity contribution in [1.82, 2.24) is 19.4 Å². The maximum Gasteiger partial charge on any atom is 0.328 e. The highest BCUT2D eigenvalue weighted by Gasteiger charge is 2.34. The first kappa shape index (κ1) is 25.3. The first-order valence-electron chi connectivity index (χ1n) is 10.9. The molecule has 5 heterocycles. The molecular weight excluding hydrogens is 513 g/mol. The summed E-state index contributed by atoms with van der Waals surface area (Å²) in [5.41, 5.74) is 1.56. The summed E-state index contributed by atoms with van der Waals surface area (Å²) in [5, 5.41) is 0. The third kappa shape index (κ3) is 4.24. The van der Waals surface area contributed by atoms with E-state index in [1.54, 1.807) is 13.3 Å². The van der Waals surface area contributed by atoms with Crippen LogP contribution in [0.3, 0.4) is 0 Å². The molecule has 1 fully saturated rings. The number of anilines is 1. The van der Waals surface area contributed by atoms with Crippen LogP contribution >= 0.6 is 36.2 Å². The molecule has 0 spiro atoms. The Labute approximate surface area is 217 Å². The number of fused-ring (bicyclic) bond motifs is 6. The van der Waals surface area contributed by atoms with Crippen LogP contribution in [0.4, 0.5) is 5.69 Å². The van der Waals surface area contributed by atoms with Gasteiger partial charge < -0.3 is 19.4 Å². The molecule has 1 saturated heterocycles. The Kier molecular flexibility index (Phi) is 7.27. The molecule has 9 nitrogen and oxygen atoms in total. The summed E-state index contributed by atoms with van der Waals surface area (Å²) < 4.78 is 14.3. The number of piperazine rings is 1. The summed E-state index contributed by atoms with van der Waals surface area (Å²) in [6.07, 6.45) is 1.67. The molecule has 12 heteroatoms. The fourth-order valence-corrected chi connectivity index (χ4v) is 5.91. The lowest BCUT2D eigenvalue weighted by molar-refractivity contribution is 0.161. The molecule has 0 bridgehead atoms. The molecule has 0 radical (unpaired) electrons. The number of methoxy groups -OCH3 is 1. The number of aromatic nitrogens is 3. The topological polar surface area (TPSA) is 92.7 Å². The highest BCUT2D eigenvalue weighted by molar-refractivity contribution is 7.25. The van der Waals surface area contributed by atoms with Gasteiger partial charge in [0.2, 0.25) is 0 Å². The summed E-state index contributed by atoms with van der Waals surface area (Å²) in [4.78, 5) is 37.7. The zero-order valence-electron chi connectivity index (χ0n) is 18.9. The lowest BCUT2D eigenvalue weighted by Gasteiger charge is -2.45. The molecule has 4 aromatic rings. The molecule has 35 heavy (non-hydrogen) atoms. The number of nitrogens with one attached hydrogen (secondary N) is 1. The molecular formula is C23H25Cl2N5O4S. The van der Waals surface area contributed by atoms with E-state index < -0.39 is 5.69 Å². The van der Waals surface area contributed by atoms with Gasteiger partial charge in [-0.1, -0.05) is 6.07 Å². The van der Waals surface area contributed by atoms with Gasteiger partial charge in [-0.3, -0.25) is 19.2 Å². The molecule has 1 aromatic carbocycles. The molecule has 2 aliphatic rings. The van der Waals surface area contributed by atoms with Crippen molar-refractivity contribution in [2.75, 3.05) is 44.8 Å². The number of hydrogen-bond acceptors (Lipinski definition) is 8. The van der Waals surface area contributed by atoms with Crippen LogP contribution < -0.4 is 25.6 Å². The van der Waals surface area contributed by atoms with E-state index in [1.807, 2.05) is 30.3 Å². The quantitative estimate of drug-likeness (QED) is 0.427. The van der Waals surface area contributed by atoms with Crippen molar-refractivity contribution in [3.05, 3.63) is 57.4 Å². The number of thiophene rings is 1. The molecule has 0 aliphatic carbocycles. The third-order valence-corrected chi connectivity index (χ3v) is 7.60. The van der Waals surface area contributed by atoms with E-state index in [2.05, 4.69) is 19.8 Å². The second-order valence-electron chi connectivity index (χ2n) is 8.31. The zero-order chi connectivity index (χ0) is 22.5. The van der Waals surface area contributed by atoms with Gasteiger partial charge in [0.15, 0.2) is 0 Å². The minimum atomic E-state index is -0.392. The lowest BCUT2D eigenvalue weighted by atomic mass is 10.1. The highest BCUT2D eigenvalue weighted by atomic mass is 35.5. The molecule has 2 aliphatic heterocycles. The van der Waals surface area contributed by atoms with E-state index in [1.165, 1.54) is 15.9 Å². The first-order valence-corrected chi connectivity index (χ1v) is 11.7. The fraction of sp³-hybridized carbons (Fsp3) is 0.348. The Morgan fingerprint density at radius 3 is 2.86 bits per heavy atom. The average molecular weight is 538 g/mol. The lowest BCUT2D eigenvalue weighted by Crippen LogP contribution is -2.58. The van der Waals surface area contributed by atoms with Gasteiger partial charge in [-0.2, -0.15) is 0 Å². The Hall–Kier alpha value is -2.79. The van der Waals surface area contributed by atoms with Crippen LogP contribution in [0.1, 0.15) is 0 Å². The van der Waals surface area contributed by atoms with E-state index >= 15 is 0 Å². The predicted molar refractivity (Wildman–Crippen MR) is 143 cm³/mol. The Morgan fingerprint density at radius 1 is 1.17 bits per heavy atom. The molecule has 6 rings (SSSR count). The number of aromatic amines is 1. The SMILES string of the molecule is COc1cccc2c1N1CCN(CCn3c(=O)[nH]c4c(sc5cccnc54)c3=O)CC1CO2.Cl.Cl. The third-order valence-electron chi connectivity index (χ3n) is 6.47. The number of hydrogen-bond donors (Lipinski definition) is 1. The molecule has 0 amide bonds. The molecule has 3 aromatic heterocycles. The standard InChI is InChI=1S/C23H23N5O4S.2ClH/c1-31-15-4-2-5-16-20(15)27-10-8-26(12-14(27)13-32-16)9-11-28-22(29)21-19(25-23(28)30)18-17(33-21)6-3-7-24-18;;/h2-7,14H,8-13H2,1H3,(H,25,30);2*1H. The molecule has 0 saturated carbocycles. The van der Waals surface area contributed by atoms with Gasteiger partial charge in [0.1, 0.15) is 34.0 Å². The van der Waals surface area contributed by atoms with Crippen LogP contribution in [0, 0.1) is 0 Å². The van der Waals surface area contributed by atoms with Crippen molar-refractivity contribution in [2.45, 2.75) is 12.6 Å². The minimum Gasteiger partial charge on any atom is -0.494 e. The number of para-hydroxylation sites is 1. The van der Waals surface area contributed by atoms with E-state index in [9.17, 15) is 9.59 Å². The van der Waals surface area contributed by atoms with Crippen molar-refractivity contribution in [1.29, 1.82) is 0 Å². The second-order valence-corrected chi connectivity index (χ2v) is 9.36. The summed E-state index contributed by atoms with van der Waals surface area (Å²) in [6.45, 7) is 3.99. The number of ether oxygens (including phenoxy) is 2. The smallest absolute Gasteiger partial charge is 0.328 e. The van der Waals surface area contributed by atoms with Crippen molar-refractivity contribution in [3.8, 4) is 11.5 Å². The van der Waals surface area contributed by atoms with Crippen molar-refractivity contribution >= 4 is 62.3 Å². The van der Waals surface area contributed by atoms with Crippen LogP contribution in [0.15, 0.2) is 46.1 Å². The van der Waals surface area contributed by atoms with Gasteiger partial charge in [-0.15, -0.1) is 36.2 Å². The van der Waals surface area contributed by atoms with Gasteiger partial charge in [0.05, 0.1) is 23.4 Å². The zero-order valence-corrected chi connectivity index (χ0v) is 21.4. The Balaban J connectivity index is 0.00000144. The van der Waals surface area contributed by atoms with Gasteiger partial charge >= 0.3 is 5.69 Å². The summed E-state index contributed by atoms with van der Waals surface area (Å²) in [5.74, 6) is 1.66. The van der Waals surface area contributed by atoms with Crippen molar-refractivity contribution in [2.24, 2.45) is 0 Å². The predicted octanol–water partition coefficient (Wildman–Crippen LogP) is 2.73. The molecule has 1 atom stereocenters. The summed E-state index contributed by atoms with van der Waals surface area (Å²) >= 11 is 1.37. The Morgan fingerprint density at radius 2 is 2.03 bits per heavy atom. The van der Waals surface area contributed by atoms with E-state index in [0.29, 0.717) is 35.4 Å². The van der Waals surface area contributed by atoms with Gasteiger partial charge in [0, 0.05) is 38.9 Å². The summed E-state index contributed by atoms with van der Waals surface area (Å²) in [7, 11) is 1.67. The number of benzene rings is 1. The fourth-order valence-electron chi connectivity index (χ4n) is 4.84. The first-order chi connectivity index (χ1) is 16.1. The van der Waals surface area contributed by atoms with E-state index in [-0.39, 0.29) is 36.4 Å². The number of halogens is 2. The highest BCUT2D eigenvalue weighted by Crippen LogP contribution is 2.42. The van der Waals surface area contributed by atoms with E-state index in [0.717, 1.165) is 41.5 Å². The largest absolute Gasteiger partial charge is 0.494 e. The van der Waals surface area contributed by atoms with Crippen molar-refractivity contribution in [3.63, 3.8) is 0 Å². The second kappa shape index (κ2) is 10.1. The number of H-pyrrole nitrogens is 1. The van der Waals surface area contributed by atoms with E-state index in [4.69, 9.17) is 9.47 Å². The maximum absolute atomic E-state index is 13.1. The summed E-state index contributed by atoms with van der Waals surface area (Å²) in [6, 6.07) is 9.79. The monoisotopic (exact) mass is 537 g/mol. The van der Waals surface area contributed by atoms with Crippen LogP contribution in [-0.4, -0.2) is 65.4 Å². The normalized spacial score (nSPS) is 17.2. The average Bonchev–Trinajstić information content (AvgIpc) is 3.22. The van der Waals surface area contributed by atoms with Crippen LogP contribution in [-0.2, 0) is 6.54 Å². The minimum absolute atomic E-state index is 0. The van der Waals surface area contributed by atoms with Crippen LogP contribution in [0.2, 0.25) is 0 Å². The molecule has 186 valence electrons. The number of pyridine rings is 1. The number of nitrogens with zero attached hydrogens (tertiary/aromatic N) is 4. The molecule has 1 unspecified atom stereocenters. The van der Waals surface area contributed by atoms with Crippen molar-refractivity contribution < 1.29 is 9.47 Å². The van der Waals surface area contributed by atoms with Gasteiger partial charge in [-0.25, -0.2) is 4.79 Å². The van der Waals surface area contributed by atoms with Crippen LogP contribution in [0.5, 0.6) is 11.5 Å². The van der Waals surface area contributed by atoms with Gasteiger partial charge in [0.25, 0.3) is 5.56 Å². The maximum atomic E-state index is 13.1. The Bertz CT molecular complexity index is 1470. The van der Waals surface area contributed by atoms with Gasteiger partial charge in [-0.05, 0) is 24.3 Å². The number of rotatable bonds is 4. The van der Waals surface area contributed by atoms with Crippen LogP contribution in [0.25, 0.3) is 20.4 Å². The molecule has 1 N–H and O–H groups in total.